The van der Waals surface area contributed by atoms with Crippen LogP contribution < -0.4 is 16.4 Å². The number of pyridine rings is 1. The fourth-order valence-electron chi connectivity index (χ4n) is 3.95. The number of rotatable bonds is 6. The van der Waals surface area contributed by atoms with Crippen LogP contribution in [0, 0.1) is 11.3 Å². The van der Waals surface area contributed by atoms with Gasteiger partial charge in [-0.2, -0.15) is 13.2 Å². The molecule has 0 radical (unpaired) electrons. The van der Waals surface area contributed by atoms with Gasteiger partial charge in [0.2, 0.25) is 0 Å². The van der Waals surface area contributed by atoms with Crippen molar-refractivity contribution >= 4 is 17.2 Å². The van der Waals surface area contributed by atoms with Crippen molar-refractivity contribution in [3.05, 3.63) is 35.9 Å². The van der Waals surface area contributed by atoms with Crippen LogP contribution in [-0.4, -0.2) is 42.7 Å². The Hall–Kier alpha value is -2.48. The van der Waals surface area contributed by atoms with E-state index >= 15 is 0 Å². The molecule has 176 valence electrons. The number of nitrogens with one attached hydrogen (secondary N) is 2. The molecule has 0 saturated carbocycles. The highest BCUT2D eigenvalue weighted by Crippen LogP contribution is 2.34. The second-order valence-electron chi connectivity index (χ2n) is 9.79. The highest BCUT2D eigenvalue weighted by molar-refractivity contribution is 5.78. The van der Waals surface area contributed by atoms with Gasteiger partial charge >= 0.3 is 6.18 Å². The lowest BCUT2D eigenvalue weighted by Crippen LogP contribution is -2.41. The van der Waals surface area contributed by atoms with Crippen LogP contribution in [0.1, 0.15) is 39.2 Å². The summed E-state index contributed by atoms with van der Waals surface area (Å²) in [6, 6.07) is 9.53. The van der Waals surface area contributed by atoms with Gasteiger partial charge in [-0.05, 0) is 54.6 Å². The number of hydrogen-bond acceptors (Lipinski definition) is 5. The lowest BCUT2D eigenvalue weighted by molar-refractivity contribution is -0.187. The summed E-state index contributed by atoms with van der Waals surface area (Å²) in [6.45, 7) is 8.45. The van der Waals surface area contributed by atoms with E-state index < -0.39 is 12.1 Å². The molecule has 4 N–H and O–H groups in total. The highest BCUT2D eigenvalue weighted by Gasteiger charge is 2.41. The zero-order valence-corrected chi connectivity index (χ0v) is 19.3. The maximum Gasteiger partial charge on any atom is 0.393 e. The standard InChI is InChI=1S/C24H34F3N5/c1-23(2,3)15-30-21-10-9-20(31-22(21)29-4)18-12-16(7-8-19(18)28)13-32-11-5-6-17(14-32)24(25,26)27/h7-10,12,17,30H,5-6,11,13-15,28H2,1-4H3,(H,29,31). The number of alkyl halides is 3. The van der Waals surface area contributed by atoms with E-state index in [1.165, 1.54) is 0 Å². The molecule has 1 aromatic heterocycles. The second kappa shape index (κ2) is 9.57. The molecule has 1 aromatic carbocycles. The fourth-order valence-corrected chi connectivity index (χ4v) is 3.95. The van der Waals surface area contributed by atoms with E-state index in [-0.39, 0.29) is 18.4 Å². The van der Waals surface area contributed by atoms with Crippen molar-refractivity contribution in [2.75, 3.05) is 43.0 Å². The third-order valence-corrected chi connectivity index (χ3v) is 5.71. The van der Waals surface area contributed by atoms with Crippen molar-refractivity contribution in [3.8, 4) is 11.3 Å². The Kier molecular flexibility index (Phi) is 7.22. The first kappa shape index (κ1) is 24.2. The lowest BCUT2D eigenvalue weighted by atomic mass is 9.96. The van der Waals surface area contributed by atoms with Crippen LogP contribution in [-0.2, 0) is 6.54 Å². The summed E-state index contributed by atoms with van der Waals surface area (Å²) < 4.78 is 39.5. The van der Waals surface area contributed by atoms with Crippen molar-refractivity contribution in [2.45, 2.75) is 46.3 Å². The molecule has 3 rings (SSSR count). The zero-order valence-electron chi connectivity index (χ0n) is 19.3. The minimum Gasteiger partial charge on any atom is -0.398 e. The van der Waals surface area contributed by atoms with Crippen LogP contribution in [0.15, 0.2) is 30.3 Å². The number of nitrogens with zero attached hydrogens (tertiary/aromatic N) is 2. The summed E-state index contributed by atoms with van der Waals surface area (Å²) in [4.78, 5) is 6.62. The molecule has 1 saturated heterocycles. The van der Waals surface area contributed by atoms with Crippen LogP contribution in [0.25, 0.3) is 11.3 Å². The molecule has 0 bridgehead atoms. The van der Waals surface area contributed by atoms with Gasteiger partial charge in [-0.3, -0.25) is 4.90 Å². The summed E-state index contributed by atoms with van der Waals surface area (Å²) in [5.74, 6) is -0.530. The average molecular weight is 450 g/mol. The maximum absolute atomic E-state index is 13.2. The number of piperidine rings is 1. The number of nitrogens with two attached hydrogens (primary N) is 1. The lowest BCUT2D eigenvalue weighted by Gasteiger charge is -2.33. The van der Waals surface area contributed by atoms with Gasteiger partial charge in [0.15, 0.2) is 0 Å². The van der Waals surface area contributed by atoms with Crippen LogP contribution in [0.3, 0.4) is 0 Å². The van der Waals surface area contributed by atoms with E-state index in [1.807, 2.05) is 42.3 Å². The van der Waals surface area contributed by atoms with E-state index in [4.69, 9.17) is 10.7 Å². The van der Waals surface area contributed by atoms with Crippen molar-refractivity contribution in [3.63, 3.8) is 0 Å². The number of nitrogen functional groups attached to an aromatic ring is 1. The quantitative estimate of drug-likeness (QED) is 0.501. The zero-order chi connectivity index (χ0) is 23.5. The van der Waals surface area contributed by atoms with E-state index in [0.717, 1.165) is 34.9 Å². The molecule has 0 amide bonds. The van der Waals surface area contributed by atoms with Crippen molar-refractivity contribution in [1.29, 1.82) is 0 Å². The Bertz CT molecular complexity index is 921. The summed E-state index contributed by atoms with van der Waals surface area (Å²) in [6.07, 6.45) is -3.37. The summed E-state index contributed by atoms with van der Waals surface area (Å²) in [5, 5.41) is 6.56. The van der Waals surface area contributed by atoms with E-state index in [0.29, 0.717) is 25.2 Å². The maximum atomic E-state index is 13.2. The third-order valence-electron chi connectivity index (χ3n) is 5.71. The van der Waals surface area contributed by atoms with E-state index in [1.54, 1.807) is 0 Å². The largest absolute Gasteiger partial charge is 0.398 e. The molecular weight excluding hydrogens is 415 g/mol. The Morgan fingerprint density at radius 2 is 1.91 bits per heavy atom. The Morgan fingerprint density at radius 1 is 1.16 bits per heavy atom. The molecule has 0 aliphatic carbocycles. The smallest absolute Gasteiger partial charge is 0.393 e. The van der Waals surface area contributed by atoms with Crippen molar-refractivity contribution < 1.29 is 13.2 Å². The first-order valence-corrected chi connectivity index (χ1v) is 11.1. The predicted molar refractivity (Wildman–Crippen MR) is 126 cm³/mol. The van der Waals surface area contributed by atoms with Gasteiger partial charge in [0.25, 0.3) is 0 Å². The number of halogens is 3. The first-order chi connectivity index (χ1) is 15.0. The van der Waals surface area contributed by atoms with Gasteiger partial charge < -0.3 is 16.4 Å². The molecule has 8 heteroatoms. The third kappa shape index (κ3) is 6.28. The normalized spacial score (nSPS) is 17.9. The van der Waals surface area contributed by atoms with E-state index in [2.05, 4.69) is 31.4 Å². The van der Waals surface area contributed by atoms with Crippen LogP contribution in [0.4, 0.5) is 30.4 Å². The van der Waals surface area contributed by atoms with Gasteiger partial charge in [0.1, 0.15) is 5.82 Å². The molecule has 1 aliphatic rings. The molecular formula is C24H34F3N5. The number of benzene rings is 1. The van der Waals surface area contributed by atoms with Crippen LogP contribution in [0.2, 0.25) is 0 Å². The molecule has 1 atom stereocenters. The molecule has 32 heavy (non-hydrogen) atoms. The molecule has 5 nitrogen and oxygen atoms in total. The van der Waals surface area contributed by atoms with Crippen molar-refractivity contribution in [1.82, 2.24) is 9.88 Å². The number of likely N-dealkylation sites (tertiary alicyclic amines) is 1. The van der Waals surface area contributed by atoms with Gasteiger partial charge in [-0.1, -0.05) is 26.8 Å². The first-order valence-electron chi connectivity index (χ1n) is 11.1. The van der Waals surface area contributed by atoms with Gasteiger partial charge in [0, 0.05) is 37.9 Å². The predicted octanol–water partition coefficient (Wildman–Crippen LogP) is 5.60. The molecule has 2 heterocycles. The summed E-state index contributed by atoms with van der Waals surface area (Å²) in [5.41, 5.74) is 10.3. The highest BCUT2D eigenvalue weighted by atomic mass is 19.4. The Morgan fingerprint density at radius 3 is 2.56 bits per heavy atom. The molecule has 1 unspecified atom stereocenters. The fraction of sp³-hybridized carbons (Fsp3) is 0.542. The van der Waals surface area contributed by atoms with Gasteiger partial charge in [0.05, 0.1) is 17.3 Å². The Labute approximate surface area is 188 Å². The molecule has 1 aliphatic heterocycles. The average Bonchev–Trinajstić information content (AvgIpc) is 2.72. The van der Waals surface area contributed by atoms with Crippen molar-refractivity contribution in [2.24, 2.45) is 11.3 Å². The minimum absolute atomic E-state index is 0.0412. The summed E-state index contributed by atoms with van der Waals surface area (Å²) in [7, 11) is 1.82. The number of anilines is 3. The van der Waals surface area contributed by atoms with Gasteiger partial charge in [-0.25, -0.2) is 4.98 Å². The molecule has 1 fully saturated rings. The topological polar surface area (TPSA) is 66.2 Å². The second-order valence-corrected chi connectivity index (χ2v) is 9.79. The Balaban J connectivity index is 1.79. The molecule has 2 aromatic rings. The van der Waals surface area contributed by atoms with Gasteiger partial charge in [-0.15, -0.1) is 0 Å². The minimum atomic E-state index is -4.14. The van der Waals surface area contributed by atoms with Crippen LogP contribution >= 0.6 is 0 Å². The SMILES string of the molecule is CNc1nc(-c2cc(CN3CCCC(C(F)(F)F)C3)ccc2N)ccc1NCC(C)(C)C. The van der Waals surface area contributed by atoms with Crippen LogP contribution in [0.5, 0.6) is 0 Å². The number of aromatic nitrogens is 1. The van der Waals surface area contributed by atoms with E-state index in [9.17, 15) is 13.2 Å². The monoisotopic (exact) mass is 449 g/mol. The summed E-state index contributed by atoms with van der Waals surface area (Å²) >= 11 is 0. The number of hydrogen-bond donors (Lipinski definition) is 3. The molecule has 0 spiro atoms.